The summed E-state index contributed by atoms with van der Waals surface area (Å²) in [5, 5.41) is 5.80. The molecule has 0 heterocycles. The van der Waals surface area contributed by atoms with Gasteiger partial charge in [-0.2, -0.15) is 0 Å². The zero-order valence-corrected chi connectivity index (χ0v) is 12.5. The van der Waals surface area contributed by atoms with Crippen LogP contribution < -0.4 is 15.4 Å². The molecule has 102 valence electrons. The molecule has 1 aromatic carbocycles. The van der Waals surface area contributed by atoms with Crippen molar-refractivity contribution in [1.82, 2.24) is 10.6 Å². The number of ether oxygens (including phenoxy) is 1. The molecule has 0 aliphatic heterocycles. The van der Waals surface area contributed by atoms with E-state index in [-0.39, 0.29) is 24.0 Å². The summed E-state index contributed by atoms with van der Waals surface area (Å²) in [6.45, 7) is 0.832. The summed E-state index contributed by atoms with van der Waals surface area (Å²) in [5.41, 5.74) is 0. The van der Waals surface area contributed by atoms with E-state index in [1.54, 1.807) is 14.1 Å². The van der Waals surface area contributed by atoms with E-state index < -0.39 is 11.6 Å². The van der Waals surface area contributed by atoms with Crippen LogP contribution in [0.3, 0.4) is 0 Å². The maximum absolute atomic E-state index is 12.8. The smallest absolute Gasteiger partial charge is 0.190 e. The second-order valence-electron chi connectivity index (χ2n) is 3.17. The maximum atomic E-state index is 12.8. The average Bonchev–Trinajstić information content (AvgIpc) is 2.34. The zero-order chi connectivity index (χ0) is 12.7. The van der Waals surface area contributed by atoms with Crippen LogP contribution in [0.4, 0.5) is 8.78 Å². The van der Waals surface area contributed by atoms with E-state index in [4.69, 9.17) is 4.74 Å². The van der Waals surface area contributed by atoms with Crippen molar-refractivity contribution in [2.75, 3.05) is 27.2 Å². The molecule has 0 saturated carbocycles. The van der Waals surface area contributed by atoms with Crippen LogP contribution in [-0.2, 0) is 0 Å². The Morgan fingerprint density at radius 1 is 1.33 bits per heavy atom. The number of hydrogen-bond donors (Lipinski definition) is 2. The molecule has 0 amide bonds. The van der Waals surface area contributed by atoms with Crippen LogP contribution in [0.2, 0.25) is 0 Å². The summed E-state index contributed by atoms with van der Waals surface area (Å²) in [6.07, 6.45) is 0. The lowest BCUT2D eigenvalue weighted by molar-refractivity contribution is 0.319. The fourth-order valence-electron chi connectivity index (χ4n) is 1.18. The van der Waals surface area contributed by atoms with Crippen molar-refractivity contribution in [3.63, 3.8) is 0 Å². The number of rotatable bonds is 4. The lowest BCUT2D eigenvalue weighted by Crippen LogP contribution is -2.37. The van der Waals surface area contributed by atoms with Gasteiger partial charge in [-0.25, -0.2) is 8.78 Å². The third kappa shape index (κ3) is 5.48. The summed E-state index contributed by atoms with van der Waals surface area (Å²) < 4.78 is 30.7. The number of hydrogen-bond acceptors (Lipinski definition) is 2. The van der Waals surface area contributed by atoms with Crippen molar-refractivity contribution in [1.29, 1.82) is 0 Å². The third-order valence-corrected chi connectivity index (χ3v) is 2.01. The highest BCUT2D eigenvalue weighted by atomic mass is 127. The molecular weight excluding hydrogens is 355 g/mol. The van der Waals surface area contributed by atoms with E-state index in [0.29, 0.717) is 24.9 Å². The number of aliphatic imine (C=N–C) groups is 1. The number of nitrogens with zero attached hydrogens (tertiary/aromatic N) is 1. The van der Waals surface area contributed by atoms with Gasteiger partial charge in [0.15, 0.2) is 17.6 Å². The Balaban J connectivity index is 0.00000289. The van der Waals surface area contributed by atoms with Gasteiger partial charge in [0.25, 0.3) is 0 Å². The molecule has 0 atom stereocenters. The zero-order valence-electron chi connectivity index (χ0n) is 10.2. The minimum Gasteiger partial charge on any atom is -0.492 e. The highest BCUT2D eigenvalue weighted by Crippen LogP contribution is 2.14. The summed E-state index contributed by atoms with van der Waals surface area (Å²) >= 11 is 0. The van der Waals surface area contributed by atoms with Crippen molar-refractivity contribution in [2.24, 2.45) is 4.99 Å². The van der Waals surface area contributed by atoms with Crippen molar-refractivity contribution in [3.05, 3.63) is 29.8 Å². The van der Waals surface area contributed by atoms with Crippen molar-refractivity contribution >= 4 is 29.9 Å². The molecule has 7 heteroatoms. The van der Waals surface area contributed by atoms with Gasteiger partial charge in [0, 0.05) is 20.2 Å². The van der Waals surface area contributed by atoms with Crippen LogP contribution in [0.15, 0.2) is 23.2 Å². The van der Waals surface area contributed by atoms with Crippen LogP contribution in [-0.4, -0.2) is 33.2 Å². The number of nitrogens with one attached hydrogen (secondary N) is 2. The van der Waals surface area contributed by atoms with Gasteiger partial charge in [-0.1, -0.05) is 0 Å². The molecule has 0 bridgehead atoms. The molecular formula is C11H16F2IN3O. The van der Waals surface area contributed by atoms with Gasteiger partial charge >= 0.3 is 0 Å². The first-order chi connectivity index (χ1) is 8.17. The van der Waals surface area contributed by atoms with E-state index in [1.807, 2.05) is 0 Å². The van der Waals surface area contributed by atoms with Crippen molar-refractivity contribution < 1.29 is 13.5 Å². The normalized spacial score (nSPS) is 10.6. The second kappa shape index (κ2) is 8.90. The van der Waals surface area contributed by atoms with Gasteiger partial charge in [-0.05, 0) is 12.1 Å². The summed E-state index contributed by atoms with van der Waals surface area (Å²) in [6, 6.07) is 3.43. The van der Waals surface area contributed by atoms with Gasteiger partial charge in [-0.15, -0.1) is 24.0 Å². The molecule has 18 heavy (non-hydrogen) atoms. The van der Waals surface area contributed by atoms with E-state index in [0.717, 1.165) is 12.1 Å². The minimum atomic E-state index is -0.915. The summed E-state index contributed by atoms with van der Waals surface area (Å²) in [4.78, 5) is 3.91. The third-order valence-electron chi connectivity index (χ3n) is 2.01. The molecule has 0 unspecified atom stereocenters. The molecule has 4 nitrogen and oxygen atoms in total. The minimum absolute atomic E-state index is 0. The van der Waals surface area contributed by atoms with E-state index in [9.17, 15) is 8.78 Å². The topological polar surface area (TPSA) is 45.7 Å². The Labute approximate surface area is 122 Å². The fraction of sp³-hybridized carbons (Fsp3) is 0.364. The van der Waals surface area contributed by atoms with Crippen LogP contribution in [0.1, 0.15) is 0 Å². The Morgan fingerprint density at radius 2 is 2.06 bits per heavy atom. The predicted octanol–water partition coefficient (Wildman–Crippen LogP) is 1.76. The molecule has 0 spiro atoms. The average molecular weight is 371 g/mol. The largest absolute Gasteiger partial charge is 0.492 e. The molecule has 1 aromatic rings. The van der Waals surface area contributed by atoms with Crippen LogP contribution in [0.5, 0.6) is 5.75 Å². The number of guanidine groups is 1. The van der Waals surface area contributed by atoms with Gasteiger partial charge in [-0.3, -0.25) is 4.99 Å². The first kappa shape index (κ1) is 16.9. The predicted molar refractivity (Wildman–Crippen MR) is 77.7 cm³/mol. The van der Waals surface area contributed by atoms with Gasteiger partial charge in [0.1, 0.15) is 12.4 Å². The number of benzene rings is 1. The van der Waals surface area contributed by atoms with E-state index in [2.05, 4.69) is 15.6 Å². The number of halogens is 3. The molecule has 0 aromatic heterocycles. The SMILES string of the molecule is CN=C(NC)NCCOc1ccc(F)c(F)c1.I. The molecule has 0 radical (unpaired) electrons. The lowest BCUT2D eigenvalue weighted by atomic mass is 10.3. The Morgan fingerprint density at radius 3 is 2.61 bits per heavy atom. The van der Waals surface area contributed by atoms with E-state index in [1.165, 1.54) is 6.07 Å². The van der Waals surface area contributed by atoms with Crippen molar-refractivity contribution in [3.8, 4) is 5.75 Å². The molecule has 0 saturated heterocycles. The summed E-state index contributed by atoms with van der Waals surface area (Å²) in [5.74, 6) is -0.864. The van der Waals surface area contributed by atoms with E-state index >= 15 is 0 Å². The quantitative estimate of drug-likeness (QED) is 0.367. The first-order valence-electron chi connectivity index (χ1n) is 5.13. The molecule has 0 fully saturated rings. The Hall–Kier alpha value is -1.12. The Bertz CT molecular complexity index is 402. The van der Waals surface area contributed by atoms with Crippen LogP contribution in [0, 0.1) is 11.6 Å². The lowest BCUT2D eigenvalue weighted by Gasteiger charge is -2.09. The fourth-order valence-corrected chi connectivity index (χ4v) is 1.18. The molecule has 1 rings (SSSR count). The van der Waals surface area contributed by atoms with Gasteiger partial charge < -0.3 is 15.4 Å². The highest BCUT2D eigenvalue weighted by Gasteiger charge is 2.02. The van der Waals surface area contributed by atoms with Crippen molar-refractivity contribution in [2.45, 2.75) is 0 Å². The molecule has 2 N–H and O–H groups in total. The maximum Gasteiger partial charge on any atom is 0.190 e. The first-order valence-corrected chi connectivity index (χ1v) is 5.13. The van der Waals surface area contributed by atoms with Crippen LogP contribution >= 0.6 is 24.0 Å². The standard InChI is InChI=1S/C11H15F2N3O.HI/c1-14-11(15-2)16-5-6-17-8-3-4-9(12)10(13)7-8;/h3-4,7H,5-6H2,1-2H3,(H2,14,15,16);1H. The molecule has 0 aliphatic carbocycles. The molecule has 0 aliphatic rings. The monoisotopic (exact) mass is 371 g/mol. The highest BCUT2D eigenvalue weighted by molar-refractivity contribution is 14.0. The second-order valence-corrected chi connectivity index (χ2v) is 3.17. The summed E-state index contributed by atoms with van der Waals surface area (Å²) in [7, 11) is 3.39. The Kier molecular flexibility index (Phi) is 8.34. The van der Waals surface area contributed by atoms with Gasteiger partial charge in [0.05, 0.1) is 6.54 Å². The van der Waals surface area contributed by atoms with Gasteiger partial charge in [0.2, 0.25) is 0 Å². The van der Waals surface area contributed by atoms with Crippen LogP contribution in [0.25, 0.3) is 0 Å².